The summed E-state index contributed by atoms with van der Waals surface area (Å²) in [4.78, 5) is 12.2. The van der Waals surface area contributed by atoms with Crippen LogP contribution in [0.4, 0.5) is 13.2 Å². The van der Waals surface area contributed by atoms with Gasteiger partial charge in [-0.3, -0.25) is 4.79 Å². The zero-order valence-electron chi connectivity index (χ0n) is 13.0. The van der Waals surface area contributed by atoms with Crippen molar-refractivity contribution < 1.29 is 27.4 Å². The van der Waals surface area contributed by atoms with E-state index in [1.807, 2.05) is 0 Å². The van der Waals surface area contributed by atoms with E-state index in [1.54, 1.807) is 6.07 Å². The highest BCUT2D eigenvalue weighted by molar-refractivity contribution is 5.54. The topological polar surface area (TPSA) is 109 Å². The summed E-state index contributed by atoms with van der Waals surface area (Å²) >= 11 is 0. The summed E-state index contributed by atoms with van der Waals surface area (Å²) in [6.07, 6.45) is -4.71. The summed E-state index contributed by atoms with van der Waals surface area (Å²) in [6.45, 7) is -0.656. The van der Waals surface area contributed by atoms with Gasteiger partial charge in [-0.15, -0.1) is 0 Å². The Hall–Kier alpha value is -3.25. The highest BCUT2D eigenvalue weighted by Gasteiger charge is 2.41. The van der Waals surface area contributed by atoms with Crippen molar-refractivity contribution in [2.45, 2.75) is 18.7 Å². The van der Waals surface area contributed by atoms with Gasteiger partial charge in [-0.05, 0) is 11.6 Å². The number of hydrogen-bond acceptors (Lipinski definition) is 6. The molecule has 1 unspecified atom stereocenters. The molecule has 1 atom stereocenters. The fourth-order valence-electron chi connectivity index (χ4n) is 2.78. The Morgan fingerprint density at radius 3 is 2.62 bits per heavy atom. The molecule has 2 heterocycles. The van der Waals surface area contributed by atoms with Crippen LogP contribution in [-0.2, 0) is 12.8 Å². The van der Waals surface area contributed by atoms with Gasteiger partial charge in [0.05, 0.1) is 11.5 Å². The molecule has 2 aromatic rings. The molecule has 1 aliphatic rings. The molecule has 0 saturated carbocycles. The lowest BCUT2D eigenvalue weighted by molar-refractivity contribution is -0.138. The first-order valence-corrected chi connectivity index (χ1v) is 7.29. The third-order valence-corrected chi connectivity index (χ3v) is 3.86. The number of halogens is 3. The number of benzene rings is 1. The zero-order chi connectivity index (χ0) is 19.1. The second-order valence-electron chi connectivity index (χ2n) is 5.44. The quantitative estimate of drug-likeness (QED) is 0.847. The number of nitriles is 1. The molecule has 0 fully saturated rings. The maximum atomic E-state index is 13.4. The minimum absolute atomic E-state index is 0.176. The molecule has 3 N–H and O–H groups in total. The number of aliphatic hydroxyl groups excluding tert-OH is 1. The first-order chi connectivity index (χ1) is 12.3. The summed E-state index contributed by atoms with van der Waals surface area (Å²) < 4.78 is 50.8. The van der Waals surface area contributed by atoms with E-state index in [2.05, 4.69) is 0 Å². The summed E-state index contributed by atoms with van der Waals surface area (Å²) in [7, 11) is 0. The highest BCUT2D eigenvalue weighted by atomic mass is 19.4. The van der Waals surface area contributed by atoms with Gasteiger partial charge in [-0.1, -0.05) is 18.2 Å². The fourth-order valence-corrected chi connectivity index (χ4v) is 2.78. The van der Waals surface area contributed by atoms with Crippen LogP contribution >= 0.6 is 0 Å². The molecule has 1 aromatic carbocycles. The lowest BCUT2D eigenvalue weighted by Crippen LogP contribution is -2.26. The van der Waals surface area contributed by atoms with E-state index in [-0.39, 0.29) is 22.7 Å². The Morgan fingerprint density at radius 2 is 2.00 bits per heavy atom. The Kier molecular flexibility index (Phi) is 4.21. The maximum absolute atomic E-state index is 13.4. The van der Waals surface area contributed by atoms with Gasteiger partial charge in [-0.25, -0.2) is 0 Å². The van der Waals surface area contributed by atoms with Crippen LogP contribution in [0.25, 0.3) is 0 Å². The Morgan fingerprint density at radius 1 is 1.31 bits per heavy atom. The molecule has 9 heteroatoms. The van der Waals surface area contributed by atoms with Crippen LogP contribution in [0.3, 0.4) is 0 Å². The van der Waals surface area contributed by atoms with Crippen LogP contribution in [0.15, 0.2) is 51.0 Å². The SMILES string of the molecule is N#CC1=C(N)Oc2c(oc(CO)cc2=O)C1c1ccccc1C(F)(F)F. The van der Waals surface area contributed by atoms with E-state index in [4.69, 9.17) is 14.9 Å². The Bertz CT molecular complexity index is 1000. The van der Waals surface area contributed by atoms with E-state index >= 15 is 0 Å². The van der Waals surface area contributed by atoms with Crippen molar-refractivity contribution in [3.8, 4) is 11.8 Å². The van der Waals surface area contributed by atoms with E-state index in [9.17, 15) is 28.3 Å². The smallest absolute Gasteiger partial charge is 0.416 e. The molecular weight excluding hydrogens is 353 g/mol. The minimum atomic E-state index is -4.71. The van der Waals surface area contributed by atoms with Gasteiger partial charge < -0.3 is 20.0 Å². The summed E-state index contributed by atoms with van der Waals surface area (Å²) in [5, 5.41) is 18.6. The molecule has 0 saturated heterocycles. The lowest BCUT2D eigenvalue weighted by Gasteiger charge is -2.26. The van der Waals surface area contributed by atoms with Crippen molar-refractivity contribution in [3.63, 3.8) is 0 Å². The minimum Gasteiger partial charge on any atom is -0.458 e. The number of hydrogen-bond donors (Lipinski definition) is 2. The third kappa shape index (κ3) is 2.80. The molecule has 0 spiro atoms. The van der Waals surface area contributed by atoms with Crippen LogP contribution in [0.5, 0.6) is 5.75 Å². The normalized spacial score (nSPS) is 16.7. The van der Waals surface area contributed by atoms with E-state index in [0.29, 0.717) is 0 Å². The van der Waals surface area contributed by atoms with Crippen molar-refractivity contribution in [2.75, 3.05) is 0 Å². The van der Waals surface area contributed by atoms with Crippen LogP contribution in [0.2, 0.25) is 0 Å². The van der Waals surface area contributed by atoms with Crippen molar-refractivity contribution >= 4 is 0 Å². The molecule has 6 nitrogen and oxygen atoms in total. The standard InChI is InChI=1S/C17H11F3N2O4/c18-17(19,20)11-4-2-1-3-9(11)13-10(6-21)16(22)26-14-12(24)5-8(7-23)25-15(13)14/h1-5,13,23H,7,22H2. The second kappa shape index (κ2) is 6.24. The molecule has 0 bridgehead atoms. The van der Waals surface area contributed by atoms with Gasteiger partial charge in [0.25, 0.3) is 0 Å². The van der Waals surface area contributed by atoms with Gasteiger partial charge in [0.15, 0.2) is 5.76 Å². The zero-order valence-corrected chi connectivity index (χ0v) is 13.0. The van der Waals surface area contributed by atoms with Crippen LogP contribution < -0.4 is 15.9 Å². The lowest BCUT2D eigenvalue weighted by atomic mass is 9.84. The first-order valence-electron chi connectivity index (χ1n) is 7.29. The average molecular weight is 364 g/mol. The van der Waals surface area contributed by atoms with Gasteiger partial charge in [0, 0.05) is 6.07 Å². The molecule has 0 radical (unpaired) electrons. The van der Waals surface area contributed by atoms with Crippen molar-refractivity contribution in [3.05, 3.63) is 74.7 Å². The molecule has 26 heavy (non-hydrogen) atoms. The van der Waals surface area contributed by atoms with E-state index < -0.39 is 41.3 Å². The predicted molar refractivity (Wildman–Crippen MR) is 81.6 cm³/mol. The maximum Gasteiger partial charge on any atom is 0.416 e. The number of aliphatic hydroxyl groups is 1. The third-order valence-electron chi connectivity index (χ3n) is 3.86. The molecule has 1 aliphatic heterocycles. The number of allylic oxidation sites excluding steroid dienone is 1. The van der Waals surface area contributed by atoms with Crippen molar-refractivity contribution in [1.29, 1.82) is 5.26 Å². The molecule has 0 aliphatic carbocycles. The largest absolute Gasteiger partial charge is 0.458 e. The number of rotatable bonds is 2. The average Bonchev–Trinajstić information content (AvgIpc) is 2.60. The second-order valence-corrected chi connectivity index (χ2v) is 5.44. The van der Waals surface area contributed by atoms with Crippen molar-refractivity contribution in [2.24, 2.45) is 5.73 Å². The summed E-state index contributed by atoms with van der Waals surface area (Å²) in [5.41, 5.74) is 3.27. The fraction of sp³-hybridized carbons (Fsp3) is 0.176. The molecule has 3 rings (SSSR count). The number of nitrogens with two attached hydrogens (primary N) is 1. The number of ether oxygens (including phenoxy) is 1. The summed E-state index contributed by atoms with van der Waals surface area (Å²) in [5.74, 6) is -2.79. The highest BCUT2D eigenvalue weighted by Crippen LogP contribution is 2.45. The van der Waals surface area contributed by atoms with Crippen molar-refractivity contribution in [1.82, 2.24) is 0 Å². The number of fused-ring (bicyclic) bond motifs is 1. The predicted octanol–water partition coefficient (Wildman–Crippen LogP) is 2.37. The van der Waals surface area contributed by atoms with Gasteiger partial charge in [-0.2, -0.15) is 18.4 Å². The van der Waals surface area contributed by atoms with Gasteiger partial charge in [0.2, 0.25) is 17.1 Å². The van der Waals surface area contributed by atoms with E-state index in [1.165, 1.54) is 18.2 Å². The van der Waals surface area contributed by atoms with Crippen LogP contribution in [0, 0.1) is 11.3 Å². The first kappa shape index (κ1) is 17.6. The Balaban J connectivity index is 2.36. The van der Waals surface area contributed by atoms with Crippen LogP contribution in [-0.4, -0.2) is 5.11 Å². The van der Waals surface area contributed by atoms with E-state index in [0.717, 1.165) is 12.1 Å². The molecule has 134 valence electrons. The molecule has 0 amide bonds. The number of alkyl halides is 3. The monoisotopic (exact) mass is 364 g/mol. The molecule has 1 aromatic heterocycles. The summed E-state index contributed by atoms with van der Waals surface area (Å²) in [6, 6.07) is 7.23. The van der Waals surface area contributed by atoms with Gasteiger partial charge >= 0.3 is 6.18 Å². The van der Waals surface area contributed by atoms with Crippen LogP contribution in [0.1, 0.15) is 28.6 Å². The van der Waals surface area contributed by atoms with Gasteiger partial charge in [0.1, 0.15) is 24.0 Å². The number of nitrogens with zero attached hydrogens (tertiary/aromatic N) is 1. The molecular formula is C17H11F3N2O4. The Labute approximate surface area is 144 Å².